The smallest absolute Gasteiger partial charge is 0.328 e. The van der Waals surface area contributed by atoms with Crippen LogP contribution in [0.2, 0.25) is 0 Å². The van der Waals surface area contributed by atoms with Crippen LogP contribution in [0.4, 0.5) is 5.69 Å². The van der Waals surface area contributed by atoms with E-state index < -0.39 is 11.2 Å². The average Bonchev–Trinajstić information content (AvgIpc) is 3.07. The van der Waals surface area contributed by atoms with Gasteiger partial charge in [0.25, 0.3) is 5.56 Å². The Morgan fingerprint density at radius 2 is 2.10 bits per heavy atom. The van der Waals surface area contributed by atoms with Crippen LogP contribution in [0.3, 0.4) is 0 Å². The number of anilines is 1. The number of carbonyl (C=O) groups is 1. The zero-order valence-electron chi connectivity index (χ0n) is 16.9. The van der Waals surface area contributed by atoms with Gasteiger partial charge in [-0.05, 0) is 32.0 Å². The van der Waals surface area contributed by atoms with Crippen molar-refractivity contribution in [2.24, 2.45) is 0 Å². The number of aromatic amines is 1. The third kappa shape index (κ3) is 3.80. The number of nitrogens with zero attached hydrogens (tertiary/aromatic N) is 1. The molecule has 8 heteroatoms. The number of rotatable bonds is 6. The normalized spacial score (nSPS) is 14.9. The van der Waals surface area contributed by atoms with Crippen molar-refractivity contribution >= 4 is 22.5 Å². The Labute approximate surface area is 172 Å². The molecular formula is C22H23N3O5. The van der Waals surface area contributed by atoms with Crippen molar-refractivity contribution in [1.29, 1.82) is 0 Å². The van der Waals surface area contributed by atoms with E-state index in [4.69, 9.17) is 9.47 Å². The maximum absolute atomic E-state index is 12.6. The van der Waals surface area contributed by atoms with Crippen LogP contribution < -0.4 is 26.0 Å². The van der Waals surface area contributed by atoms with Gasteiger partial charge >= 0.3 is 5.69 Å². The molecule has 156 valence electrons. The SMILES string of the molecule is CCOc1cc2c(cc1NC(=O)CCn1c(=O)[nH]c(=O)c3ccccc31)OC(C)C2. The van der Waals surface area contributed by atoms with E-state index in [1.165, 1.54) is 4.57 Å². The quantitative estimate of drug-likeness (QED) is 0.651. The third-order valence-electron chi connectivity index (χ3n) is 5.04. The average molecular weight is 409 g/mol. The van der Waals surface area contributed by atoms with Gasteiger partial charge in [0.2, 0.25) is 5.91 Å². The van der Waals surface area contributed by atoms with Crippen LogP contribution in [-0.2, 0) is 17.8 Å². The molecule has 8 nitrogen and oxygen atoms in total. The van der Waals surface area contributed by atoms with Gasteiger partial charge in [0.15, 0.2) is 0 Å². The number of nitrogens with one attached hydrogen (secondary N) is 2. The molecule has 0 spiro atoms. The third-order valence-corrected chi connectivity index (χ3v) is 5.04. The Kier molecular flexibility index (Phi) is 5.31. The lowest BCUT2D eigenvalue weighted by molar-refractivity contribution is -0.116. The van der Waals surface area contributed by atoms with Gasteiger partial charge in [-0.2, -0.15) is 0 Å². The van der Waals surface area contributed by atoms with E-state index in [1.807, 2.05) is 19.9 Å². The molecule has 1 aromatic heterocycles. The zero-order valence-corrected chi connectivity index (χ0v) is 16.9. The maximum atomic E-state index is 12.6. The Morgan fingerprint density at radius 3 is 2.90 bits per heavy atom. The van der Waals surface area contributed by atoms with E-state index in [-0.39, 0.29) is 25.0 Å². The highest BCUT2D eigenvalue weighted by Gasteiger charge is 2.22. The van der Waals surface area contributed by atoms with Crippen molar-refractivity contribution in [1.82, 2.24) is 9.55 Å². The summed E-state index contributed by atoms with van der Waals surface area (Å²) >= 11 is 0. The minimum atomic E-state index is -0.540. The lowest BCUT2D eigenvalue weighted by Crippen LogP contribution is -2.31. The molecule has 1 atom stereocenters. The Bertz CT molecular complexity index is 1230. The van der Waals surface area contributed by atoms with Gasteiger partial charge in [0.05, 0.1) is 23.2 Å². The molecule has 1 aliphatic rings. The van der Waals surface area contributed by atoms with Crippen LogP contribution in [0, 0.1) is 0 Å². The Hall–Kier alpha value is -3.55. The van der Waals surface area contributed by atoms with Crippen molar-refractivity contribution in [2.45, 2.75) is 39.3 Å². The monoisotopic (exact) mass is 409 g/mol. The number of aryl methyl sites for hydroxylation is 1. The van der Waals surface area contributed by atoms with E-state index in [9.17, 15) is 14.4 Å². The molecule has 1 unspecified atom stereocenters. The summed E-state index contributed by atoms with van der Waals surface area (Å²) in [6.45, 7) is 4.47. The molecule has 2 heterocycles. The minimum absolute atomic E-state index is 0.0514. The van der Waals surface area contributed by atoms with Crippen LogP contribution in [-0.4, -0.2) is 28.2 Å². The molecule has 0 fully saturated rings. The summed E-state index contributed by atoms with van der Waals surface area (Å²) < 4.78 is 12.9. The van der Waals surface area contributed by atoms with Gasteiger partial charge in [-0.3, -0.25) is 19.1 Å². The van der Waals surface area contributed by atoms with Crippen LogP contribution in [0.25, 0.3) is 10.9 Å². The van der Waals surface area contributed by atoms with E-state index in [1.54, 1.807) is 30.3 Å². The largest absolute Gasteiger partial charge is 0.492 e. The molecular weight excluding hydrogens is 386 g/mol. The number of hydrogen-bond acceptors (Lipinski definition) is 5. The second kappa shape index (κ2) is 8.06. The fourth-order valence-corrected chi connectivity index (χ4v) is 3.70. The predicted molar refractivity (Wildman–Crippen MR) is 113 cm³/mol. The van der Waals surface area contributed by atoms with Crippen LogP contribution in [0.15, 0.2) is 46.0 Å². The molecule has 1 amide bonds. The summed E-state index contributed by atoms with van der Waals surface area (Å²) in [4.78, 5) is 39.2. The molecule has 0 saturated heterocycles. The molecule has 1 aliphatic heterocycles. The molecule has 2 aromatic carbocycles. The van der Waals surface area contributed by atoms with E-state index >= 15 is 0 Å². The van der Waals surface area contributed by atoms with Gasteiger partial charge in [-0.25, -0.2) is 4.79 Å². The van der Waals surface area contributed by atoms with Crippen LogP contribution in [0.1, 0.15) is 25.8 Å². The van der Waals surface area contributed by atoms with Crippen molar-refractivity contribution < 1.29 is 14.3 Å². The second-order valence-electron chi connectivity index (χ2n) is 7.25. The first-order chi connectivity index (χ1) is 14.5. The molecule has 0 radical (unpaired) electrons. The molecule has 3 aromatic rings. The Balaban J connectivity index is 1.54. The summed E-state index contributed by atoms with van der Waals surface area (Å²) in [5.74, 6) is 1.06. The van der Waals surface area contributed by atoms with E-state index in [2.05, 4.69) is 10.3 Å². The van der Waals surface area contributed by atoms with Crippen molar-refractivity contribution in [3.05, 3.63) is 62.8 Å². The second-order valence-corrected chi connectivity index (χ2v) is 7.25. The number of carbonyl (C=O) groups excluding carboxylic acids is 1. The van der Waals surface area contributed by atoms with Gasteiger partial charge in [0, 0.05) is 31.0 Å². The lowest BCUT2D eigenvalue weighted by atomic mass is 10.1. The van der Waals surface area contributed by atoms with Gasteiger partial charge in [0.1, 0.15) is 17.6 Å². The van der Waals surface area contributed by atoms with E-state index in [0.29, 0.717) is 28.9 Å². The summed E-state index contributed by atoms with van der Waals surface area (Å²) in [5, 5.41) is 3.26. The number of para-hydroxylation sites is 1. The molecule has 2 N–H and O–H groups in total. The lowest BCUT2D eigenvalue weighted by Gasteiger charge is -2.14. The fraction of sp³-hybridized carbons (Fsp3) is 0.318. The molecule has 30 heavy (non-hydrogen) atoms. The molecule has 0 saturated carbocycles. The van der Waals surface area contributed by atoms with Crippen molar-refractivity contribution in [3.63, 3.8) is 0 Å². The number of H-pyrrole nitrogens is 1. The minimum Gasteiger partial charge on any atom is -0.492 e. The fourth-order valence-electron chi connectivity index (χ4n) is 3.70. The number of aromatic nitrogens is 2. The highest BCUT2D eigenvalue weighted by Crippen LogP contribution is 2.38. The molecule has 0 aliphatic carbocycles. The molecule has 4 rings (SSSR count). The number of amides is 1. The van der Waals surface area contributed by atoms with Crippen molar-refractivity contribution in [3.8, 4) is 11.5 Å². The first-order valence-electron chi connectivity index (χ1n) is 9.94. The molecule has 0 bridgehead atoms. The van der Waals surface area contributed by atoms with Gasteiger partial charge in [-0.15, -0.1) is 0 Å². The number of fused-ring (bicyclic) bond motifs is 2. The first kappa shape index (κ1) is 19.8. The topological polar surface area (TPSA) is 102 Å². The van der Waals surface area contributed by atoms with Crippen LogP contribution in [0.5, 0.6) is 11.5 Å². The highest BCUT2D eigenvalue weighted by atomic mass is 16.5. The summed E-state index contributed by atoms with van der Waals surface area (Å²) in [6.07, 6.45) is 0.933. The standard InChI is InChI=1S/C22H23N3O5/c1-3-29-19-11-14-10-13(2)30-18(14)12-16(19)23-20(26)8-9-25-17-7-5-4-6-15(17)21(27)24-22(25)28/h4-7,11-13H,3,8-10H2,1-2H3,(H,23,26)(H,24,27,28). The van der Waals surface area contributed by atoms with Gasteiger partial charge < -0.3 is 14.8 Å². The van der Waals surface area contributed by atoms with Crippen LogP contribution >= 0.6 is 0 Å². The maximum Gasteiger partial charge on any atom is 0.328 e. The first-order valence-corrected chi connectivity index (χ1v) is 9.94. The van der Waals surface area contributed by atoms with Gasteiger partial charge in [-0.1, -0.05) is 12.1 Å². The summed E-state index contributed by atoms with van der Waals surface area (Å²) in [6, 6.07) is 10.5. The zero-order chi connectivity index (χ0) is 21.3. The Morgan fingerprint density at radius 1 is 1.30 bits per heavy atom. The number of ether oxygens (including phenoxy) is 2. The van der Waals surface area contributed by atoms with E-state index in [0.717, 1.165) is 17.7 Å². The van der Waals surface area contributed by atoms with Crippen molar-refractivity contribution in [2.75, 3.05) is 11.9 Å². The summed E-state index contributed by atoms with van der Waals surface area (Å²) in [5.41, 5.74) is 1.10. The predicted octanol–water partition coefficient (Wildman–Crippen LogP) is 2.44. The highest BCUT2D eigenvalue weighted by molar-refractivity contribution is 5.93. The summed E-state index contributed by atoms with van der Waals surface area (Å²) in [7, 11) is 0. The number of benzene rings is 2. The number of hydrogen-bond donors (Lipinski definition) is 2.